The van der Waals surface area contributed by atoms with Crippen LogP contribution in [-0.4, -0.2) is 43.4 Å². The molecule has 2 aromatic heterocycles. The molecule has 0 aliphatic heterocycles. The fraction of sp³-hybridized carbons (Fsp3) is 0.130. The number of aromatic nitrogens is 4. The number of carbonyl (C=O) groups is 1. The summed E-state index contributed by atoms with van der Waals surface area (Å²) in [6, 6.07) is 19.7. The Morgan fingerprint density at radius 3 is 2.55 bits per heavy atom. The van der Waals surface area contributed by atoms with Crippen molar-refractivity contribution in [3.8, 4) is 17.1 Å². The molecule has 4 rings (SSSR count). The van der Waals surface area contributed by atoms with Crippen molar-refractivity contribution in [2.24, 2.45) is 0 Å². The number of nitrogens with zero attached hydrogens (tertiary/aromatic N) is 5. The Morgan fingerprint density at radius 1 is 1.03 bits per heavy atom. The zero-order valence-corrected chi connectivity index (χ0v) is 17.7. The molecule has 4 aromatic rings. The molecule has 0 aliphatic carbocycles. The zero-order valence-electron chi connectivity index (χ0n) is 16.9. The van der Waals surface area contributed by atoms with E-state index in [0.717, 1.165) is 11.3 Å². The Hall–Kier alpha value is -3.52. The van der Waals surface area contributed by atoms with E-state index in [2.05, 4.69) is 15.2 Å². The molecule has 2 aromatic carbocycles. The molecule has 0 unspecified atom stereocenters. The van der Waals surface area contributed by atoms with E-state index in [1.54, 1.807) is 47.1 Å². The summed E-state index contributed by atoms with van der Waals surface area (Å²) in [6.07, 6.45) is 3.44. The average molecular weight is 434 g/mol. The summed E-state index contributed by atoms with van der Waals surface area (Å²) < 4.78 is 16.2. The molecule has 156 valence electrons. The Balaban J connectivity index is 1.57. The van der Waals surface area contributed by atoms with E-state index in [4.69, 9.17) is 0 Å². The summed E-state index contributed by atoms with van der Waals surface area (Å²) in [5.41, 5.74) is 2.10. The van der Waals surface area contributed by atoms with Gasteiger partial charge in [-0.15, -0.1) is 10.2 Å². The normalized spacial score (nSPS) is 10.8. The number of carbonyl (C=O) groups excluding carboxylic acids is 1. The molecule has 1 amide bonds. The monoisotopic (exact) mass is 433 g/mol. The zero-order chi connectivity index (χ0) is 21.6. The van der Waals surface area contributed by atoms with Gasteiger partial charge in [0, 0.05) is 31.7 Å². The first-order valence-corrected chi connectivity index (χ1v) is 10.6. The Labute approximate surface area is 183 Å². The summed E-state index contributed by atoms with van der Waals surface area (Å²) in [5.74, 6) is 0.140. The van der Waals surface area contributed by atoms with Crippen LogP contribution in [0.1, 0.15) is 5.56 Å². The largest absolute Gasteiger partial charge is 0.341 e. The van der Waals surface area contributed by atoms with Gasteiger partial charge in [-0.2, -0.15) is 0 Å². The molecule has 0 bridgehead atoms. The van der Waals surface area contributed by atoms with Crippen LogP contribution in [0.2, 0.25) is 0 Å². The number of benzene rings is 2. The SMILES string of the molecule is CN(Cc1cccnc1)C(=O)CSc1nnc(-c2ccccc2F)n1-c1ccccc1. The van der Waals surface area contributed by atoms with Crippen molar-refractivity contribution in [1.29, 1.82) is 0 Å². The van der Waals surface area contributed by atoms with Gasteiger partial charge in [-0.3, -0.25) is 14.3 Å². The first kappa shape index (κ1) is 20.7. The number of amides is 1. The lowest BCUT2D eigenvalue weighted by atomic mass is 10.2. The topological polar surface area (TPSA) is 63.9 Å². The van der Waals surface area contributed by atoms with Crippen LogP contribution in [-0.2, 0) is 11.3 Å². The number of rotatable bonds is 7. The van der Waals surface area contributed by atoms with Gasteiger partial charge in [-0.1, -0.05) is 48.2 Å². The van der Waals surface area contributed by atoms with Gasteiger partial charge in [0.1, 0.15) is 5.82 Å². The van der Waals surface area contributed by atoms with E-state index >= 15 is 0 Å². The fourth-order valence-corrected chi connectivity index (χ4v) is 3.97. The Kier molecular flexibility index (Phi) is 6.37. The molecular formula is C23H20FN5OS. The standard InChI is InChI=1S/C23H20FN5OS/c1-28(15-17-8-7-13-25-14-17)21(30)16-31-23-27-26-22(19-11-5-6-12-20(19)24)29(23)18-9-3-2-4-10-18/h2-14H,15-16H2,1H3. The van der Waals surface area contributed by atoms with Crippen LogP contribution in [0.3, 0.4) is 0 Å². The highest BCUT2D eigenvalue weighted by molar-refractivity contribution is 7.99. The van der Waals surface area contributed by atoms with Gasteiger partial charge in [0.25, 0.3) is 0 Å². The molecule has 0 fully saturated rings. The van der Waals surface area contributed by atoms with Crippen LogP contribution < -0.4 is 0 Å². The van der Waals surface area contributed by atoms with Crippen molar-refractivity contribution in [2.75, 3.05) is 12.8 Å². The second-order valence-electron chi connectivity index (χ2n) is 6.86. The summed E-state index contributed by atoms with van der Waals surface area (Å²) in [7, 11) is 1.75. The summed E-state index contributed by atoms with van der Waals surface area (Å²) >= 11 is 1.27. The van der Waals surface area contributed by atoms with Crippen molar-refractivity contribution in [2.45, 2.75) is 11.7 Å². The molecule has 0 radical (unpaired) electrons. The maximum absolute atomic E-state index is 14.5. The van der Waals surface area contributed by atoms with E-state index in [1.807, 2.05) is 42.5 Å². The number of thioether (sulfide) groups is 1. The maximum Gasteiger partial charge on any atom is 0.233 e. The number of para-hydroxylation sites is 1. The molecule has 0 aliphatic rings. The molecule has 2 heterocycles. The van der Waals surface area contributed by atoms with E-state index in [1.165, 1.54) is 17.8 Å². The second kappa shape index (κ2) is 9.53. The quantitative estimate of drug-likeness (QED) is 0.409. The molecule has 6 nitrogen and oxygen atoms in total. The van der Waals surface area contributed by atoms with Crippen molar-refractivity contribution < 1.29 is 9.18 Å². The highest BCUT2D eigenvalue weighted by Crippen LogP contribution is 2.29. The molecule has 8 heteroatoms. The molecule has 0 atom stereocenters. The lowest BCUT2D eigenvalue weighted by Crippen LogP contribution is -2.27. The average Bonchev–Trinajstić information content (AvgIpc) is 3.22. The van der Waals surface area contributed by atoms with Crippen LogP contribution in [0.25, 0.3) is 17.1 Å². The maximum atomic E-state index is 14.5. The third-order valence-electron chi connectivity index (χ3n) is 4.66. The molecule has 0 N–H and O–H groups in total. The van der Waals surface area contributed by atoms with Crippen LogP contribution in [0.5, 0.6) is 0 Å². The molecule has 0 saturated carbocycles. The third kappa shape index (κ3) is 4.80. The summed E-state index contributed by atoms with van der Waals surface area (Å²) in [6.45, 7) is 0.471. The van der Waals surface area contributed by atoms with Crippen molar-refractivity contribution in [3.63, 3.8) is 0 Å². The fourth-order valence-electron chi connectivity index (χ4n) is 3.08. The Morgan fingerprint density at radius 2 is 1.81 bits per heavy atom. The first-order valence-electron chi connectivity index (χ1n) is 9.65. The highest BCUT2D eigenvalue weighted by atomic mass is 32.2. The van der Waals surface area contributed by atoms with Crippen molar-refractivity contribution in [3.05, 3.63) is 90.5 Å². The van der Waals surface area contributed by atoms with E-state index in [9.17, 15) is 9.18 Å². The van der Waals surface area contributed by atoms with Crippen LogP contribution >= 0.6 is 11.8 Å². The van der Waals surface area contributed by atoms with Gasteiger partial charge in [0.2, 0.25) is 5.91 Å². The number of hydrogen-bond donors (Lipinski definition) is 0. The molecule has 31 heavy (non-hydrogen) atoms. The van der Waals surface area contributed by atoms with E-state index < -0.39 is 0 Å². The van der Waals surface area contributed by atoms with Gasteiger partial charge < -0.3 is 4.90 Å². The number of hydrogen-bond acceptors (Lipinski definition) is 5. The lowest BCUT2D eigenvalue weighted by Gasteiger charge is -2.17. The minimum atomic E-state index is -0.379. The summed E-state index contributed by atoms with van der Waals surface area (Å²) in [4.78, 5) is 18.4. The minimum absolute atomic E-state index is 0.0519. The predicted molar refractivity (Wildman–Crippen MR) is 118 cm³/mol. The molecule has 0 saturated heterocycles. The van der Waals surface area contributed by atoms with Gasteiger partial charge in [-0.25, -0.2) is 4.39 Å². The number of pyridine rings is 1. The highest BCUT2D eigenvalue weighted by Gasteiger charge is 2.20. The van der Waals surface area contributed by atoms with Gasteiger partial charge in [0.05, 0.1) is 11.3 Å². The smallest absolute Gasteiger partial charge is 0.233 e. The Bertz CT molecular complexity index is 1170. The van der Waals surface area contributed by atoms with Crippen LogP contribution in [0.4, 0.5) is 4.39 Å². The van der Waals surface area contributed by atoms with Gasteiger partial charge in [-0.05, 0) is 35.9 Å². The van der Waals surface area contributed by atoms with Gasteiger partial charge in [0.15, 0.2) is 11.0 Å². The van der Waals surface area contributed by atoms with Crippen molar-refractivity contribution >= 4 is 17.7 Å². The first-order chi connectivity index (χ1) is 15.1. The van der Waals surface area contributed by atoms with Crippen LogP contribution in [0, 0.1) is 5.82 Å². The van der Waals surface area contributed by atoms with E-state index in [-0.39, 0.29) is 17.5 Å². The lowest BCUT2D eigenvalue weighted by molar-refractivity contribution is -0.127. The second-order valence-corrected chi connectivity index (χ2v) is 7.80. The van der Waals surface area contributed by atoms with Crippen molar-refractivity contribution in [1.82, 2.24) is 24.6 Å². The minimum Gasteiger partial charge on any atom is -0.341 e. The number of halogens is 1. The summed E-state index contributed by atoms with van der Waals surface area (Å²) in [5, 5.41) is 9.01. The van der Waals surface area contributed by atoms with E-state index in [0.29, 0.717) is 23.1 Å². The van der Waals surface area contributed by atoms with Crippen LogP contribution in [0.15, 0.2) is 84.3 Å². The molecular weight excluding hydrogens is 413 g/mol. The predicted octanol–water partition coefficient (Wildman–Crippen LogP) is 4.22. The third-order valence-corrected chi connectivity index (χ3v) is 5.57. The molecule has 0 spiro atoms. The van der Waals surface area contributed by atoms with Gasteiger partial charge >= 0.3 is 0 Å².